The zero-order valence-electron chi connectivity index (χ0n) is 15.1. The molecule has 2 N–H and O–H groups in total. The lowest BCUT2D eigenvalue weighted by molar-refractivity contribution is -0.137. The Hall–Kier alpha value is -2.42. The first kappa shape index (κ1) is 20.9. The number of aryl methyl sites for hydroxylation is 1. The van der Waals surface area contributed by atoms with Gasteiger partial charge < -0.3 is 10.6 Å². The van der Waals surface area contributed by atoms with E-state index in [1.54, 1.807) is 6.92 Å². The van der Waals surface area contributed by atoms with Crippen molar-refractivity contribution in [3.05, 3.63) is 51.0 Å². The zero-order valence-corrected chi connectivity index (χ0v) is 15.9. The number of hydrogen-bond donors (Lipinski definition) is 2. The highest BCUT2D eigenvalue weighted by Crippen LogP contribution is 2.29. The molecular formula is C18H20F3N3O2S. The topological polar surface area (TPSA) is 71.1 Å². The van der Waals surface area contributed by atoms with E-state index < -0.39 is 17.6 Å². The lowest BCUT2D eigenvalue weighted by atomic mass is 10.1. The fourth-order valence-electron chi connectivity index (χ4n) is 2.22. The van der Waals surface area contributed by atoms with E-state index in [9.17, 15) is 22.8 Å². The van der Waals surface area contributed by atoms with Gasteiger partial charge in [0.05, 0.1) is 16.3 Å². The molecule has 1 heterocycles. The van der Waals surface area contributed by atoms with Crippen molar-refractivity contribution in [2.45, 2.75) is 32.9 Å². The van der Waals surface area contributed by atoms with Crippen LogP contribution >= 0.6 is 11.3 Å². The Morgan fingerprint density at radius 2 is 1.63 bits per heavy atom. The quantitative estimate of drug-likeness (QED) is 0.727. The van der Waals surface area contributed by atoms with E-state index in [1.165, 1.54) is 11.3 Å². The molecule has 0 bridgehead atoms. The van der Waals surface area contributed by atoms with Gasteiger partial charge in [0.1, 0.15) is 4.88 Å². The van der Waals surface area contributed by atoms with Crippen LogP contribution < -0.4 is 10.6 Å². The van der Waals surface area contributed by atoms with E-state index in [4.69, 9.17) is 0 Å². The van der Waals surface area contributed by atoms with E-state index in [2.05, 4.69) is 15.6 Å². The molecular weight excluding hydrogens is 379 g/mol. The first-order chi connectivity index (χ1) is 12.6. The summed E-state index contributed by atoms with van der Waals surface area (Å²) in [5.74, 6) is -0.534. The summed E-state index contributed by atoms with van der Waals surface area (Å²) in [7, 11) is 0. The maximum atomic E-state index is 12.5. The molecule has 2 aromatic rings. The normalized spacial score (nSPS) is 11.5. The molecule has 0 saturated heterocycles. The van der Waals surface area contributed by atoms with Crippen LogP contribution in [0.1, 0.15) is 56.1 Å². The highest BCUT2D eigenvalue weighted by atomic mass is 32.1. The minimum Gasteiger partial charge on any atom is -0.350 e. The van der Waals surface area contributed by atoms with Gasteiger partial charge in [-0.05, 0) is 31.2 Å². The number of rotatable bonds is 6. The molecule has 0 aliphatic carbocycles. The van der Waals surface area contributed by atoms with Crippen molar-refractivity contribution in [3.8, 4) is 0 Å². The second-order valence-electron chi connectivity index (χ2n) is 6.21. The molecule has 0 radical (unpaired) electrons. The average molecular weight is 399 g/mol. The maximum absolute atomic E-state index is 12.5. The number of amides is 2. The molecule has 1 aromatic heterocycles. The molecule has 27 heavy (non-hydrogen) atoms. The second kappa shape index (κ2) is 8.51. The highest BCUT2D eigenvalue weighted by Gasteiger charge is 2.30. The van der Waals surface area contributed by atoms with E-state index >= 15 is 0 Å². The van der Waals surface area contributed by atoms with Crippen molar-refractivity contribution in [2.75, 3.05) is 13.1 Å². The number of aromatic nitrogens is 1. The molecule has 2 rings (SSSR count). The molecule has 0 spiro atoms. The monoisotopic (exact) mass is 399 g/mol. The summed E-state index contributed by atoms with van der Waals surface area (Å²) in [5, 5.41) is 6.13. The van der Waals surface area contributed by atoms with Crippen molar-refractivity contribution < 1.29 is 22.8 Å². The van der Waals surface area contributed by atoms with Crippen LogP contribution in [0.15, 0.2) is 24.3 Å². The first-order valence-electron chi connectivity index (χ1n) is 8.30. The van der Waals surface area contributed by atoms with Crippen molar-refractivity contribution >= 4 is 23.2 Å². The largest absolute Gasteiger partial charge is 0.416 e. The standard InChI is InChI=1S/C18H20F3N3O2S/c1-10(2)17-24-11(3)14(27-17)16(26)23-9-8-22-15(25)12-4-6-13(7-5-12)18(19,20)21/h4-7,10H,8-9H2,1-3H3,(H,22,25)(H,23,26). The lowest BCUT2D eigenvalue weighted by Gasteiger charge is -2.09. The van der Waals surface area contributed by atoms with Crippen molar-refractivity contribution in [1.29, 1.82) is 0 Å². The number of nitrogens with zero attached hydrogens (tertiary/aromatic N) is 1. The van der Waals surface area contributed by atoms with E-state index in [0.29, 0.717) is 10.6 Å². The van der Waals surface area contributed by atoms with Crippen molar-refractivity contribution in [2.24, 2.45) is 0 Å². The van der Waals surface area contributed by atoms with Gasteiger partial charge in [-0.2, -0.15) is 13.2 Å². The van der Waals surface area contributed by atoms with Gasteiger partial charge in [-0.15, -0.1) is 11.3 Å². The molecule has 0 unspecified atom stereocenters. The maximum Gasteiger partial charge on any atom is 0.416 e. The summed E-state index contributed by atoms with van der Waals surface area (Å²) in [6, 6.07) is 3.95. The van der Waals surface area contributed by atoms with Crippen LogP contribution in [0.5, 0.6) is 0 Å². The average Bonchev–Trinajstić information content (AvgIpc) is 3.00. The van der Waals surface area contributed by atoms with Gasteiger partial charge in [0.15, 0.2) is 0 Å². The van der Waals surface area contributed by atoms with Gasteiger partial charge in [-0.3, -0.25) is 9.59 Å². The number of nitrogens with one attached hydrogen (secondary N) is 2. The van der Waals surface area contributed by atoms with Crippen molar-refractivity contribution in [1.82, 2.24) is 15.6 Å². The number of thiazole rings is 1. The Balaban J connectivity index is 1.82. The summed E-state index contributed by atoms with van der Waals surface area (Å²) in [6.07, 6.45) is -4.44. The Morgan fingerprint density at radius 3 is 2.11 bits per heavy atom. The van der Waals surface area contributed by atoms with Crippen LogP contribution in [0.3, 0.4) is 0 Å². The van der Waals surface area contributed by atoms with Crippen LogP contribution in [-0.4, -0.2) is 29.9 Å². The Labute approximate surface area is 159 Å². The number of benzene rings is 1. The SMILES string of the molecule is Cc1nc(C(C)C)sc1C(=O)NCCNC(=O)c1ccc(C(F)(F)F)cc1. The van der Waals surface area contributed by atoms with Gasteiger partial charge in [0, 0.05) is 24.6 Å². The summed E-state index contributed by atoms with van der Waals surface area (Å²) < 4.78 is 37.5. The third kappa shape index (κ3) is 5.53. The predicted octanol–water partition coefficient (Wildman–Crippen LogP) is 3.75. The molecule has 0 atom stereocenters. The van der Waals surface area contributed by atoms with Crippen LogP contribution in [0.2, 0.25) is 0 Å². The van der Waals surface area contributed by atoms with E-state index in [1.807, 2.05) is 13.8 Å². The molecule has 1 aromatic carbocycles. The summed E-state index contributed by atoms with van der Waals surface area (Å²) in [6.45, 7) is 6.11. The minimum atomic E-state index is -4.44. The summed E-state index contributed by atoms with van der Waals surface area (Å²) in [5.41, 5.74) is -0.0313. The smallest absolute Gasteiger partial charge is 0.350 e. The van der Waals surface area contributed by atoms with Gasteiger partial charge >= 0.3 is 6.18 Å². The molecule has 146 valence electrons. The number of carbonyl (C=O) groups is 2. The molecule has 5 nitrogen and oxygen atoms in total. The molecule has 0 aliphatic rings. The molecule has 0 aliphatic heterocycles. The fraction of sp³-hybridized carbons (Fsp3) is 0.389. The van der Waals surface area contributed by atoms with Crippen LogP contribution in [0.25, 0.3) is 0 Å². The molecule has 2 amide bonds. The van der Waals surface area contributed by atoms with Crippen LogP contribution in [-0.2, 0) is 6.18 Å². The van der Waals surface area contributed by atoms with E-state index in [0.717, 1.165) is 29.3 Å². The van der Waals surface area contributed by atoms with Gasteiger partial charge in [0.25, 0.3) is 11.8 Å². The minimum absolute atomic E-state index is 0.120. The summed E-state index contributed by atoms with van der Waals surface area (Å²) in [4.78, 5) is 29.0. The van der Waals surface area contributed by atoms with Crippen molar-refractivity contribution in [3.63, 3.8) is 0 Å². The summed E-state index contributed by atoms with van der Waals surface area (Å²) >= 11 is 1.34. The number of halogens is 3. The Kier molecular flexibility index (Phi) is 6.59. The van der Waals surface area contributed by atoms with Crippen LogP contribution in [0, 0.1) is 6.92 Å². The third-order valence-electron chi connectivity index (χ3n) is 3.68. The molecule has 0 saturated carbocycles. The van der Waals surface area contributed by atoms with Gasteiger partial charge in [-0.1, -0.05) is 13.8 Å². The van der Waals surface area contributed by atoms with E-state index in [-0.39, 0.29) is 30.5 Å². The Bertz CT molecular complexity index is 814. The van der Waals surface area contributed by atoms with Gasteiger partial charge in [-0.25, -0.2) is 4.98 Å². The third-order valence-corrected chi connectivity index (χ3v) is 5.14. The first-order valence-corrected chi connectivity index (χ1v) is 9.12. The number of hydrogen-bond acceptors (Lipinski definition) is 4. The lowest BCUT2D eigenvalue weighted by Crippen LogP contribution is -2.34. The fourth-order valence-corrected chi connectivity index (χ4v) is 3.21. The predicted molar refractivity (Wildman–Crippen MR) is 97.1 cm³/mol. The van der Waals surface area contributed by atoms with Gasteiger partial charge in [0.2, 0.25) is 0 Å². The number of carbonyl (C=O) groups excluding carboxylic acids is 2. The highest BCUT2D eigenvalue weighted by molar-refractivity contribution is 7.13. The molecule has 9 heteroatoms. The number of alkyl halides is 3. The second-order valence-corrected chi connectivity index (χ2v) is 7.24. The Morgan fingerprint density at radius 1 is 1.07 bits per heavy atom. The van der Waals surface area contributed by atoms with Crippen LogP contribution in [0.4, 0.5) is 13.2 Å². The zero-order chi connectivity index (χ0) is 20.2. The molecule has 0 fully saturated rings.